The zero-order valence-corrected chi connectivity index (χ0v) is 16.1. The van der Waals surface area contributed by atoms with Crippen molar-refractivity contribution in [3.63, 3.8) is 0 Å². The SMILES string of the molecule is CCNC(=O)CSc1nnc(N2CCC(C)CC2)n1CC1CCCO1. The maximum Gasteiger partial charge on any atom is 0.230 e. The number of aromatic nitrogens is 3. The summed E-state index contributed by atoms with van der Waals surface area (Å²) in [6, 6.07) is 0. The van der Waals surface area contributed by atoms with E-state index < -0.39 is 0 Å². The smallest absolute Gasteiger partial charge is 0.230 e. The van der Waals surface area contributed by atoms with Gasteiger partial charge in [-0.05, 0) is 38.5 Å². The molecule has 2 fully saturated rings. The number of carbonyl (C=O) groups is 1. The highest BCUT2D eigenvalue weighted by molar-refractivity contribution is 7.99. The molecule has 2 saturated heterocycles. The Bertz CT molecular complexity index is 565. The number of nitrogens with one attached hydrogen (secondary N) is 1. The molecule has 3 rings (SSSR count). The molecule has 0 saturated carbocycles. The number of carbonyl (C=O) groups excluding carboxylic acids is 1. The van der Waals surface area contributed by atoms with Gasteiger partial charge in [-0.3, -0.25) is 9.36 Å². The average molecular weight is 368 g/mol. The standard InChI is InChI=1S/C17H29N5O2S/c1-3-18-15(23)12-25-17-20-19-16(21-8-6-13(2)7-9-21)22(17)11-14-5-4-10-24-14/h13-14H,3-12H2,1-2H3,(H,18,23). The predicted molar refractivity (Wildman–Crippen MR) is 99.0 cm³/mol. The van der Waals surface area contributed by atoms with Crippen LogP contribution in [0.15, 0.2) is 5.16 Å². The summed E-state index contributed by atoms with van der Waals surface area (Å²) in [5, 5.41) is 12.5. The highest BCUT2D eigenvalue weighted by atomic mass is 32.2. The summed E-state index contributed by atoms with van der Waals surface area (Å²) >= 11 is 1.46. The minimum atomic E-state index is 0.0347. The number of hydrogen-bond acceptors (Lipinski definition) is 6. The molecule has 140 valence electrons. The Morgan fingerprint density at radius 3 is 2.80 bits per heavy atom. The van der Waals surface area contributed by atoms with E-state index >= 15 is 0 Å². The van der Waals surface area contributed by atoms with Crippen LogP contribution in [0.1, 0.15) is 39.5 Å². The summed E-state index contributed by atoms with van der Waals surface area (Å²) in [6.07, 6.45) is 4.80. The first-order valence-electron chi connectivity index (χ1n) is 9.36. The molecule has 1 unspecified atom stereocenters. The molecule has 1 atom stereocenters. The second kappa shape index (κ2) is 8.89. The molecular weight excluding hydrogens is 338 g/mol. The molecule has 0 aliphatic carbocycles. The summed E-state index contributed by atoms with van der Waals surface area (Å²) in [5.74, 6) is 2.11. The van der Waals surface area contributed by atoms with Gasteiger partial charge >= 0.3 is 0 Å². The first-order chi connectivity index (χ1) is 12.2. The molecule has 8 heteroatoms. The van der Waals surface area contributed by atoms with Crippen molar-refractivity contribution in [1.82, 2.24) is 20.1 Å². The number of piperidine rings is 1. The third-order valence-corrected chi connectivity index (χ3v) is 5.85. The quantitative estimate of drug-likeness (QED) is 0.743. The number of hydrogen-bond donors (Lipinski definition) is 1. The lowest BCUT2D eigenvalue weighted by molar-refractivity contribution is -0.118. The van der Waals surface area contributed by atoms with E-state index in [0.717, 1.165) is 56.1 Å². The van der Waals surface area contributed by atoms with Crippen molar-refractivity contribution in [2.45, 2.75) is 57.3 Å². The Balaban J connectivity index is 1.73. The van der Waals surface area contributed by atoms with Gasteiger partial charge in [0.2, 0.25) is 11.9 Å². The molecule has 3 heterocycles. The van der Waals surface area contributed by atoms with Crippen molar-refractivity contribution in [3.05, 3.63) is 0 Å². The van der Waals surface area contributed by atoms with E-state index in [9.17, 15) is 4.79 Å². The van der Waals surface area contributed by atoms with Crippen LogP contribution in [-0.4, -0.2) is 58.8 Å². The number of anilines is 1. The Morgan fingerprint density at radius 2 is 2.12 bits per heavy atom. The van der Waals surface area contributed by atoms with E-state index in [4.69, 9.17) is 4.74 Å². The first-order valence-corrected chi connectivity index (χ1v) is 10.3. The number of nitrogens with zero attached hydrogens (tertiary/aromatic N) is 4. The maximum atomic E-state index is 11.8. The van der Waals surface area contributed by atoms with Crippen molar-refractivity contribution in [3.8, 4) is 0 Å². The Morgan fingerprint density at radius 1 is 1.32 bits per heavy atom. The Labute approximate surface area is 153 Å². The maximum absolute atomic E-state index is 11.8. The third kappa shape index (κ3) is 4.88. The van der Waals surface area contributed by atoms with E-state index in [0.29, 0.717) is 12.3 Å². The van der Waals surface area contributed by atoms with Gasteiger partial charge in [0.15, 0.2) is 5.16 Å². The van der Waals surface area contributed by atoms with E-state index in [1.54, 1.807) is 0 Å². The zero-order valence-electron chi connectivity index (χ0n) is 15.2. The van der Waals surface area contributed by atoms with Gasteiger partial charge in [0.1, 0.15) is 0 Å². The van der Waals surface area contributed by atoms with E-state index in [1.165, 1.54) is 24.6 Å². The fourth-order valence-electron chi connectivity index (χ4n) is 3.36. The topological polar surface area (TPSA) is 72.3 Å². The van der Waals surface area contributed by atoms with Crippen LogP contribution in [0.2, 0.25) is 0 Å². The van der Waals surface area contributed by atoms with Gasteiger partial charge in [-0.2, -0.15) is 0 Å². The van der Waals surface area contributed by atoms with E-state index in [-0.39, 0.29) is 12.0 Å². The lowest BCUT2D eigenvalue weighted by Gasteiger charge is -2.31. The van der Waals surface area contributed by atoms with Crippen LogP contribution in [0, 0.1) is 5.92 Å². The Kier molecular flexibility index (Phi) is 6.58. The molecule has 1 aromatic heterocycles. The molecule has 2 aliphatic heterocycles. The van der Waals surface area contributed by atoms with Crippen LogP contribution >= 0.6 is 11.8 Å². The molecule has 1 aromatic rings. The molecule has 25 heavy (non-hydrogen) atoms. The fraction of sp³-hybridized carbons (Fsp3) is 0.824. The van der Waals surface area contributed by atoms with Crippen molar-refractivity contribution in [1.29, 1.82) is 0 Å². The Hall–Kier alpha value is -1.28. The van der Waals surface area contributed by atoms with Crippen LogP contribution in [0.5, 0.6) is 0 Å². The molecular formula is C17H29N5O2S. The molecule has 0 spiro atoms. The van der Waals surface area contributed by atoms with Crippen LogP contribution in [0.4, 0.5) is 5.95 Å². The molecule has 2 aliphatic rings. The van der Waals surface area contributed by atoms with Gasteiger partial charge in [-0.1, -0.05) is 18.7 Å². The zero-order chi connectivity index (χ0) is 17.6. The molecule has 7 nitrogen and oxygen atoms in total. The summed E-state index contributed by atoms with van der Waals surface area (Å²) in [7, 11) is 0. The van der Waals surface area contributed by atoms with Crippen LogP contribution in [0.25, 0.3) is 0 Å². The molecule has 0 radical (unpaired) electrons. The number of thioether (sulfide) groups is 1. The number of ether oxygens (including phenoxy) is 1. The lowest BCUT2D eigenvalue weighted by atomic mass is 10.00. The average Bonchev–Trinajstić information content (AvgIpc) is 3.25. The van der Waals surface area contributed by atoms with Gasteiger partial charge in [-0.25, -0.2) is 0 Å². The van der Waals surface area contributed by atoms with Crippen molar-refractivity contribution in [2.24, 2.45) is 5.92 Å². The second-order valence-electron chi connectivity index (χ2n) is 6.94. The van der Waals surface area contributed by atoms with Gasteiger partial charge in [0, 0.05) is 26.2 Å². The first kappa shape index (κ1) is 18.5. The van der Waals surface area contributed by atoms with Crippen LogP contribution in [0.3, 0.4) is 0 Å². The summed E-state index contributed by atoms with van der Waals surface area (Å²) in [4.78, 5) is 14.1. The summed E-state index contributed by atoms with van der Waals surface area (Å²) in [5.41, 5.74) is 0. The van der Waals surface area contributed by atoms with E-state index in [2.05, 4.69) is 31.9 Å². The van der Waals surface area contributed by atoms with Gasteiger partial charge in [0.05, 0.1) is 18.4 Å². The second-order valence-corrected chi connectivity index (χ2v) is 7.88. The monoisotopic (exact) mass is 367 g/mol. The molecule has 1 amide bonds. The summed E-state index contributed by atoms with van der Waals surface area (Å²) in [6.45, 7) is 8.54. The minimum Gasteiger partial charge on any atom is -0.376 e. The van der Waals surface area contributed by atoms with Gasteiger partial charge in [0.25, 0.3) is 0 Å². The predicted octanol–water partition coefficient (Wildman–Crippen LogP) is 1.92. The normalized spacial score (nSPS) is 21.7. The van der Waals surface area contributed by atoms with Crippen molar-refractivity contribution in [2.75, 3.05) is 36.9 Å². The number of rotatable bonds is 7. The third-order valence-electron chi connectivity index (χ3n) is 4.88. The van der Waals surface area contributed by atoms with Crippen molar-refractivity contribution < 1.29 is 9.53 Å². The van der Waals surface area contributed by atoms with Gasteiger partial charge in [-0.15, -0.1) is 10.2 Å². The van der Waals surface area contributed by atoms with Gasteiger partial charge < -0.3 is 15.0 Å². The van der Waals surface area contributed by atoms with Crippen molar-refractivity contribution >= 4 is 23.6 Å². The van der Waals surface area contributed by atoms with Crippen LogP contribution in [-0.2, 0) is 16.1 Å². The molecule has 1 N–H and O–H groups in total. The molecule has 0 aromatic carbocycles. The minimum absolute atomic E-state index is 0.0347. The summed E-state index contributed by atoms with van der Waals surface area (Å²) < 4.78 is 7.98. The fourth-order valence-corrected chi connectivity index (χ4v) is 4.13. The largest absolute Gasteiger partial charge is 0.376 e. The number of amides is 1. The van der Waals surface area contributed by atoms with E-state index in [1.807, 2.05) is 6.92 Å². The lowest BCUT2D eigenvalue weighted by Crippen LogP contribution is -2.35. The van der Waals surface area contributed by atoms with Crippen LogP contribution < -0.4 is 10.2 Å². The highest BCUT2D eigenvalue weighted by Crippen LogP contribution is 2.27. The molecule has 0 bridgehead atoms. The highest BCUT2D eigenvalue weighted by Gasteiger charge is 2.26.